The highest BCUT2D eigenvalue weighted by Gasteiger charge is 2.18. The maximum Gasteiger partial charge on any atom is 0.277 e. The summed E-state index contributed by atoms with van der Waals surface area (Å²) in [5.74, 6) is 0.552. The molecule has 0 aliphatic heterocycles. The number of rotatable bonds is 7. The number of methoxy groups -OCH3 is 1. The molecule has 33 heavy (non-hydrogen) atoms. The first-order valence-electron chi connectivity index (χ1n) is 10.6. The Kier molecular flexibility index (Phi) is 6.51. The number of nitrogens with zero attached hydrogens (tertiary/aromatic N) is 3. The fraction of sp³-hybridized carbons (Fsp3) is 0.240. The standard InChI is InChI=1S/C25H25ClN4O3/c1-16-19(11-12-23(31)27-15-17-7-6-8-18(26)13-17)25(32)30-24(29(16)2)14-21(28-30)20-9-4-5-10-22(20)33-3/h4-10,13-14H,11-12,15H2,1-3H3,(H,27,31). The topological polar surface area (TPSA) is 77.6 Å². The second-order valence-electron chi connectivity index (χ2n) is 7.83. The van der Waals surface area contributed by atoms with Crippen molar-refractivity contribution in [2.24, 2.45) is 7.05 Å². The van der Waals surface area contributed by atoms with E-state index in [4.69, 9.17) is 16.3 Å². The molecule has 0 unspecified atom stereocenters. The number of amides is 1. The molecule has 4 rings (SSSR count). The van der Waals surface area contributed by atoms with Crippen molar-refractivity contribution in [3.05, 3.63) is 86.8 Å². The molecule has 0 aliphatic carbocycles. The van der Waals surface area contributed by atoms with E-state index in [1.165, 1.54) is 4.52 Å². The van der Waals surface area contributed by atoms with Crippen molar-refractivity contribution in [3.63, 3.8) is 0 Å². The lowest BCUT2D eigenvalue weighted by molar-refractivity contribution is -0.121. The van der Waals surface area contributed by atoms with Crippen LogP contribution < -0.4 is 15.6 Å². The van der Waals surface area contributed by atoms with Crippen LogP contribution in [0.3, 0.4) is 0 Å². The molecule has 8 heteroatoms. The van der Waals surface area contributed by atoms with Crippen LogP contribution >= 0.6 is 11.6 Å². The van der Waals surface area contributed by atoms with Crippen LogP contribution in [-0.2, 0) is 24.8 Å². The van der Waals surface area contributed by atoms with E-state index >= 15 is 0 Å². The van der Waals surface area contributed by atoms with E-state index in [1.807, 2.05) is 67.1 Å². The normalized spacial score (nSPS) is 11.0. The van der Waals surface area contributed by atoms with Crippen LogP contribution in [0, 0.1) is 6.92 Å². The zero-order chi connectivity index (χ0) is 23.5. The highest BCUT2D eigenvalue weighted by atomic mass is 35.5. The number of ether oxygens (including phenoxy) is 1. The number of nitrogens with one attached hydrogen (secondary N) is 1. The van der Waals surface area contributed by atoms with Gasteiger partial charge in [-0.2, -0.15) is 9.61 Å². The van der Waals surface area contributed by atoms with E-state index in [-0.39, 0.29) is 17.9 Å². The van der Waals surface area contributed by atoms with Crippen LogP contribution in [0.15, 0.2) is 59.4 Å². The van der Waals surface area contributed by atoms with Gasteiger partial charge in [-0.05, 0) is 43.2 Å². The van der Waals surface area contributed by atoms with Crippen molar-refractivity contribution in [2.75, 3.05) is 7.11 Å². The SMILES string of the molecule is COc1ccccc1-c1cc2n(C)c(C)c(CCC(=O)NCc3cccc(Cl)c3)c(=O)n2n1. The molecule has 1 amide bonds. The third kappa shape index (κ3) is 4.64. The maximum atomic E-state index is 13.2. The van der Waals surface area contributed by atoms with E-state index in [0.717, 1.165) is 16.8 Å². The first-order chi connectivity index (χ1) is 15.9. The first kappa shape index (κ1) is 22.6. The van der Waals surface area contributed by atoms with Gasteiger partial charge in [0.05, 0.1) is 12.8 Å². The number of aromatic nitrogens is 3. The molecule has 0 saturated carbocycles. The molecular weight excluding hydrogens is 440 g/mol. The molecule has 1 N–H and O–H groups in total. The molecule has 2 aromatic heterocycles. The largest absolute Gasteiger partial charge is 0.496 e. The van der Waals surface area contributed by atoms with Crippen LogP contribution in [0.4, 0.5) is 0 Å². The van der Waals surface area contributed by atoms with Crippen molar-refractivity contribution < 1.29 is 9.53 Å². The second-order valence-corrected chi connectivity index (χ2v) is 8.27. The van der Waals surface area contributed by atoms with Crippen LogP contribution in [0.5, 0.6) is 5.75 Å². The number of para-hydroxylation sites is 1. The Hall–Kier alpha value is -3.58. The lowest BCUT2D eigenvalue weighted by atomic mass is 10.1. The van der Waals surface area contributed by atoms with Crippen molar-refractivity contribution in [1.82, 2.24) is 19.5 Å². The summed E-state index contributed by atoms with van der Waals surface area (Å²) >= 11 is 5.99. The first-order valence-corrected chi connectivity index (χ1v) is 11.0. The molecule has 4 aromatic rings. The van der Waals surface area contributed by atoms with E-state index in [2.05, 4.69) is 10.4 Å². The quantitative estimate of drug-likeness (QED) is 0.449. The highest BCUT2D eigenvalue weighted by Crippen LogP contribution is 2.29. The van der Waals surface area contributed by atoms with E-state index in [1.54, 1.807) is 13.2 Å². The van der Waals surface area contributed by atoms with Crippen molar-refractivity contribution in [3.8, 4) is 17.0 Å². The third-order valence-electron chi connectivity index (χ3n) is 5.79. The van der Waals surface area contributed by atoms with Gasteiger partial charge in [-0.25, -0.2) is 0 Å². The van der Waals surface area contributed by atoms with Gasteiger partial charge in [0.2, 0.25) is 5.91 Å². The minimum absolute atomic E-state index is 0.133. The molecule has 2 heterocycles. The summed E-state index contributed by atoms with van der Waals surface area (Å²) in [6, 6.07) is 16.8. The smallest absolute Gasteiger partial charge is 0.277 e. The van der Waals surface area contributed by atoms with Gasteiger partial charge in [-0.1, -0.05) is 35.9 Å². The van der Waals surface area contributed by atoms with E-state index in [0.29, 0.717) is 40.6 Å². The molecule has 2 aromatic carbocycles. The second kappa shape index (κ2) is 9.50. The van der Waals surface area contributed by atoms with Crippen molar-refractivity contribution in [1.29, 1.82) is 0 Å². The highest BCUT2D eigenvalue weighted by molar-refractivity contribution is 6.30. The monoisotopic (exact) mass is 464 g/mol. The molecule has 0 spiro atoms. The number of halogens is 1. The lowest BCUT2D eigenvalue weighted by Crippen LogP contribution is -2.27. The van der Waals surface area contributed by atoms with Crippen LogP contribution in [0.1, 0.15) is 23.2 Å². The number of carbonyl (C=O) groups is 1. The Labute approximate surface area is 196 Å². The van der Waals surface area contributed by atoms with Crippen molar-refractivity contribution >= 4 is 23.2 Å². The van der Waals surface area contributed by atoms with Crippen LogP contribution in [0.2, 0.25) is 5.02 Å². The minimum atomic E-state index is -0.218. The molecule has 0 atom stereocenters. The number of carbonyl (C=O) groups excluding carboxylic acids is 1. The molecule has 0 saturated heterocycles. The van der Waals surface area contributed by atoms with E-state index < -0.39 is 0 Å². The summed E-state index contributed by atoms with van der Waals surface area (Å²) in [7, 11) is 3.49. The van der Waals surface area contributed by atoms with Crippen LogP contribution in [0.25, 0.3) is 16.9 Å². The number of fused-ring (bicyclic) bond motifs is 1. The van der Waals surface area contributed by atoms with E-state index in [9.17, 15) is 9.59 Å². The summed E-state index contributed by atoms with van der Waals surface area (Å²) in [6.45, 7) is 2.27. The molecule has 7 nitrogen and oxygen atoms in total. The number of hydrogen-bond acceptors (Lipinski definition) is 4. The predicted octanol–water partition coefficient (Wildman–Crippen LogP) is 3.92. The van der Waals surface area contributed by atoms with Gasteiger partial charge in [-0.15, -0.1) is 0 Å². The average Bonchev–Trinajstić information content (AvgIpc) is 3.27. The molecule has 0 bridgehead atoms. The van der Waals surface area contributed by atoms with Gasteiger partial charge < -0.3 is 14.6 Å². The summed E-state index contributed by atoms with van der Waals surface area (Å²) < 4.78 is 8.76. The zero-order valence-corrected chi connectivity index (χ0v) is 19.5. The number of hydrogen-bond donors (Lipinski definition) is 1. The average molecular weight is 465 g/mol. The predicted molar refractivity (Wildman–Crippen MR) is 129 cm³/mol. The Balaban J connectivity index is 1.57. The Morgan fingerprint density at radius 2 is 1.94 bits per heavy atom. The molecule has 170 valence electrons. The lowest BCUT2D eigenvalue weighted by Gasteiger charge is -2.12. The van der Waals surface area contributed by atoms with Gasteiger partial charge in [0, 0.05) is 47.9 Å². The third-order valence-corrected chi connectivity index (χ3v) is 6.02. The fourth-order valence-electron chi connectivity index (χ4n) is 3.87. The number of benzene rings is 2. The summed E-state index contributed by atoms with van der Waals surface area (Å²) in [6.07, 6.45) is 0.516. The molecule has 0 radical (unpaired) electrons. The summed E-state index contributed by atoms with van der Waals surface area (Å²) in [4.78, 5) is 25.7. The van der Waals surface area contributed by atoms with Crippen molar-refractivity contribution in [2.45, 2.75) is 26.3 Å². The molecule has 0 fully saturated rings. The maximum absolute atomic E-state index is 13.2. The Morgan fingerprint density at radius 3 is 2.70 bits per heavy atom. The van der Waals surface area contributed by atoms with Gasteiger partial charge >= 0.3 is 0 Å². The Bertz CT molecular complexity index is 1390. The Morgan fingerprint density at radius 1 is 1.15 bits per heavy atom. The van der Waals surface area contributed by atoms with Gasteiger partial charge in [0.15, 0.2) is 0 Å². The minimum Gasteiger partial charge on any atom is -0.496 e. The van der Waals surface area contributed by atoms with Crippen LogP contribution in [-0.4, -0.2) is 27.2 Å². The van der Waals surface area contributed by atoms with Gasteiger partial charge in [0.25, 0.3) is 5.56 Å². The summed E-state index contributed by atoms with van der Waals surface area (Å²) in [5.41, 5.74) is 4.21. The number of aryl methyl sites for hydroxylation is 1. The summed E-state index contributed by atoms with van der Waals surface area (Å²) in [5, 5.41) is 8.06. The fourth-order valence-corrected chi connectivity index (χ4v) is 4.08. The van der Waals surface area contributed by atoms with Gasteiger partial charge in [-0.3, -0.25) is 9.59 Å². The zero-order valence-electron chi connectivity index (χ0n) is 18.8. The molecular formula is C25H25ClN4O3. The van der Waals surface area contributed by atoms with Gasteiger partial charge in [0.1, 0.15) is 11.4 Å². The molecule has 0 aliphatic rings.